The van der Waals surface area contributed by atoms with Crippen LogP contribution in [0.2, 0.25) is 0 Å². The largest absolute Gasteiger partial charge is 0.133 e. The first kappa shape index (κ1) is 14.3. The van der Waals surface area contributed by atoms with Crippen molar-refractivity contribution >= 4 is 43.2 Å². The van der Waals surface area contributed by atoms with Crippen molar-refractivity contribution in [1.29, 1.82) is 0 Å². The minimum Gasteiger partial charge on any atom is -0.133 e. The molecule has 0 aliphatic carbocycles. The summed E-state index contributed by atoms with van der Waals surface area (Å²) >= 11 is 9.03. The maximum absolute atomic E-state index is 3.66. The second kappa shape index (κ2) is 6.88. The molecule has 1 unspecified atom stereocenters. The number of rotatable bonds is 5. The predicted molar refractivity (Wildman–Crippen MR) is 87.9 cm³/mol. The highest BCUT2D eigenvalue weighted by molar-refractivity contribution is 9.11. The molecule has 0 amide bonds. The summed E-state index contributed by atoms with van der Waals surface area (Å²) in [5, 5.41) is 1.05. The van der Waals surface area contributed by atoms with Crippen LogP contribution in [-0.2, 0) is 12.8 Å². The lowest BCUT2D eigenvalue weighted by Gasteiger charge is -2.14. The van der Waals surface area contributed by atoms with Gasteiger partial charge in [0.1, 0.15) is 0 Å². The maximum Gasteiger partial charge on any atom is 0.0701 e. The third-order valence-corrected chi connectivity index (χ3v) is 5.67. The number of halogens is 2. The number of benzene rings is 1. The Morgan fingerprint density at radius 2 is 1.89 bits per heavy atom. The Labute approximate surface area is 130 Å². The molecule has 96 valence electrons. The number of aryl methyl sites for hydroxylation is 1. The summed E-state index contributed by atoms with van der Waals surface area (Å²) in [6, 6.07) is 13.0. The van der Waals surface area contributed by atoms with Gasteiger partial charge in [0.15, 0.2) is 0 Å². The van der Waals surface area contributed by atoms with E-state index in [9.17, 15) is 0 Å². The van der Waals surface area contributed by atoms with Crippen molar-refractivity contribution in [1.82, 2.24) is 0 Å². The van der Waals surface area contributed by atoms with Gasteiger partial charge in [0.05, 0.1) is 3.79 Å². The molecule has 18 heavy (non-hydrogen) atoms. The first-order valence-electron chi connectivity index (χ1n) is 6.03. The Balaban J connectivity index is 2.04. The third-order valence-electron chi connectivity index (χ3n) is 3.11. The predicted octanol–water partition coefficient (Wildman–Crippen LogP) is 5.62. The van der Waals surface area contributed by atoms with Gasteiger partial charge in [0.2, 0.25) is 0 Å². The van der Waals surface area contributed by atoms with Crippen molar-refractivity contribution in [3.63, 3.8) is 0 Å². The molecule has 1 aromatic carbocycles. The summed E-state index contributed by atoms with van der Waals surface area (Å²) in [5.41, 5.74) is 2.87. The lowest BCUT2D eigenvalue weighted by Crippen LogP contribution is -2.10. The van der Waals surface area contributed by atoms with Crippen molar-refractivity contribution in [2.24, 2.45) is 5.92 Å². The van der Waals surface area contributed by atoms with Crippen LogP contribution < -0.4 is 0 Å². The van der Waals surface area contributed by atoms with E-state index in [4.69, 9.17) is 0 Å². The molecule has 0 radical (unpaired) electrons. The van der Waals surface area contributed by atoms with Crippen LogP contribution in [0.3, 0.4) is 0 Å². The van der Waals surface area contributed by atoms with Crippen LogP contribution in [-0.4, -0.2) is 5.33 Å². The second-order valence-electron chi connectivity index (χ2n) is 4.56. The van der Waals surface area contributed by atoms with Crippen LogP contribution >= 0.6 is 43.2 Å². The molecule has 0 aliphatic rings. The topological polar surface area (TPSA) is 0 Å². The quantitative estimate of drug-likeness (QED) is 0.584. The smallest absolute Gasteiger partial charge is 0.0701 e. The Hall–Kier alpha value is -0.120. The highest BCUT2D eigenvalue weighted by Gasteiger charge is 2.12. The molecule has 0 aliphatic heterocycles. The normalized spacial score (nSPS) is 12.6. The summed E-state index contributed by atoms with van der Waals surface area (Å²) < 4.78 is 1.22. The molecule has 0 nitrogen and oxygen atoms in total. The zero-order chi connectivity index (χ0) is 13.0. The first-order chi connectivity index (χ1) is 8.69. The van der Waals surface area contributed by atoms with Gasteiger partial charge >= 0.3 is 0 Å². The first-order valence-corrected chi connectivity index (χ1v) is 8.77. The van der Waals surface area contributed by atoms with E-state index in [0.29, 0.717) is 5.92 Å². The molecule has 2 aromatic rings. The van der Waals surface area contributed by atoms with E-state index < -0.39 is 0 Å². The number of alkyl halides is 1. The average molecular weight is 388 g/mol. The number of thiophene rings is 1. The lowest BCUT2D eigenvalue weighted by atomic mass is 9.95. The van der Waals surface area contributed by atoms with Crippen LogP contribution in [0.5, 0.6) is 0 Å². The summed E-state index contributed by atoms with van der Waals surface area (Å²) in [5.74, 6) is 0.664. The molecule has 0 saturated heterocycles. The molecule has 0 saturated carbocycles. The minimum absolute atomic E-state index is 0.664. The molecule has 1 aromatic heterocycles. The summed E-state index contributed by atoms with van der Waals surface area (Å²) in [4.78, 5) is 1.46. The molecular formula is C15H16Br2S. The van der Waals surface area contributed by atoms with Crippen LogP contribution in [0, 0.1) is 12.8 Å². The van der Waals surface area contributed by atoms with Gasteiger partial charge in [0.25, 0.3) is 0 Å². The molecule has 0 fully saturated rings. The maximum atomic E-state index is 3.66. The van der Waals surface area contributed by atoms with Crippen LogP contribution in [0.15, 0.2) is 40.2 Å². The Morgan fingerprint density at radius 3 is 2.50 bits per heavy atom. The molecule has 3 heteroatoms. The monoisotopic (exact) mass is 386 g/mol. The average Bonchev–Trinajstić information content (AvgIpc) is 2.76. The SMILES string of the molecule is Cc1ccccc1CC(CBr)Cc1ccc(Br)s1. The van der Waals surface area contributed by atoms with Gasteiger partial charge in [-0.05, 0) is 64.9 Å². The van der Waals surface area contributed by atoms with Crippen molar-refractivity contribution in [2.45, 2.75) is 19.8 Å². The molecule has 1 atom stereocenters. The zero-order valence-corrected chi connectivity index (χ0v) is 14.3. The number of hydrogen-bond acceptors (Lipinski definition) is 1. The summed E-state index contributed by atoms with van der Waals surface area (Å²) in [7, 11) is 0. The number of hydrogen-bond donors (Lipinski definition) is 0. The van der Waals surface area contributed by atoms with Gasteiger partial charge in [-0.2, -0.15) is 0 Å². The molecular weight excluding hydrogens is 372 g/mol. The Kier molecular flexibility index (Phi) is 5.46. The second-order valence-corrected chi connectivity index (χ2v) is 7.76. The molecule has 0 N–H and O–H groups in total. The molecule has 0 spiro atoms. The van der Waals surface area contributed by atoms with Gasteiger partial charge in [-0.25, -0.2) is 0 Å². The molecule has 2 rings (SSSR count). The molecule has 0 bridgehead atoms. The van der Waals surface area contributed by atoms with Crippen molar-refractivity contribution in [3.05, 3.63) is 56.2 Å². The van der Waals surface area contributed by atoms with E-state index >= 15 is 0 Å². The van der Waals surface area contributed by atoms with Crippen LogP contribution in [0.25, 0.3) is 0 Å². The van der Waals surface area contributed by atoms with Gasteiger partial charge < -0.3 is 0 Å². The molecule has 1 heterocycles. The fraction of sp³-hybridized carbons (Fsp3) is 0.333. The van der Waals surface area contributed by atoms with E-state index in [-0.39, 0.29) is 0 Å². The van der Waals surface area contributed by atoms with E-state index in [1.165, 1.54) is 19.8 Å². The Bertz CT molecular complexity index is 505. The lowest BCUT2D eigenvalue weighted by molar-refractivity contribution is 0.595. The van der Waals surface area contributed by atoms with Crippen molar-refractivity contribution in [3.8, 4) is 0 Å². The van der Waals surface area contributed by atoms with Crippen LogP contribution in [0.4, 0.5) is 0 Å². The van der Waals surface area contributed by atoms with Crippen molar-refractivity contribution in [2.75, 3.05) is 5.33 Å². The van der Waals surface area contributed by atoms with Gasteiger partial charge in [-0.3, -0.25) is 0 Å². The van der Waals surface area contributed by atoms with Gasteiger partial charge in [0, 0.05) is 10.2 Å². The summed E-state index contributed by atoms with van der Waals surface area (Å²) in [6.45, 7) is 2.20. The van der Waals surface area contributed by atoms with E-state index in [1.54, 1.807) is 0 Å². The van der Waals surface area contributed by atoms with E-state index in [0.717, 1.165) is 18.2 Å². The third kappa shape index (κ3) is 3.94. The highest BCUT2D eigenvalue weighted by atomic mass is 79.9. The van der Waals surface area contributed by atoms with Crippen molar-refractivity contribution < 1.29 is 0 Å². The standard InChI is InChI=1S/C15H16Br2S/c1-11-4-2-3-5-13(11)8-12(10-16)9-14-6-7-15(17)18-14/h2-7,12H,8-10H2,1H3. The van der Waals surface area contributed by atoms with Crippen LogP contribution in [0.1, 0.15) is 16.0 Å². The fourth-order valence-corrected chi connectivity index (χ4v) is 4.13. The minimum atomic E-state index is 0.664. The zero-order valence-electron chi connectivity index (χ0n) is 10.3. The van der Waals surface area contributed by atoms with Gasteiger partial charge in [-0.1, -0.05) is 40.2 Å². The summed E-state index contributed by atoms with van der Waals surface area (Å²) in [6.07, 6.45) is 2.29. The highest BCUT2D eigenvalue weighted by Crippen LogP contribution is 2.26. The fourth-order valence-electron chi connectivity index (χ4n) is 2.08. The van der Waals surface area contributed by atoms with E-state index in [1.807, 2.05) is 11.3 Å². The van der Waals surface area contributed by atoms with Gasteiger partial charge in [-0.15, -0.1) is 11.3 Å². The Morgan fingerprint density at radius 1 is 1.11 bits per heavy atom. The van der Waals surface area contributed by atoms with E-state index in [2.05, 4.69) is 75.2 Å².